The highest BCUT2D eigenvalue weighted by molar-refractivity contribution is 5.88. The summed E-state index contributed by atoms with van der Waals surface area (Å²) in [6.45, 7) is 3.65. The second-order valence-corrected chi connectivity index (χ2v) is 9.09. The van der Waals surface area contributed by atoms with Crippen LogP contribution < -0.4 is 4.74 Å². The molecular weight excluding hydrogens is 402 g/mol. The topological polar surface area (TPSA) is 59.0 Å². The van der Waals surface area contributed by atoms with Crippen LogP contribution in [0.4, 0.5) is 0 Å². The Morgan fingerprint density at radius 1 is 1.03 bits per heavy atom. The van der Waals surface area contributed by atoms with E-state index >= 15 is 0 Å². The van der Waals surface area contributed by atoms with E-state index in [1.165, 1.54) is 0 Å². The average molecular weight is 438 g/mol. The van der Waals surface area contributed by atoms with E-state index < -0.39 is 5.41 Å². The molecule has 1 N–H and O–H groups in total. The molecule has 172 valence electrons. The van der Waals surface area contributed by atoms with Crippen molar-refractivity contribution in [1.82, 2.24) is 4.90 Å². The van der Waals surface area contributed by atoms with Gasteiger partial charge in [0.25, 0.3) is 0 Å². The van der Waals surface area contributed by atoms with Crippen LogP contribution in [0.3, 0.4) is 0 Å². The molecule has 4 rings (SSSR count). The first-order valence-corrected chi connectivity index (χ1v) is 12.0. The highest BCUT2D eigenvalue weighted by atomic mass is 16.5. The largest absolute Gasteiger partial charge is 0.489 e. The summed E-state index contributed by atoms with van der Waals surface area (Å²) in [5.74, 6) is 1.69. The average Bonchev–Trinajstić information content (AvgIpc) is 2.87. The van der Waals surface area contributed by atoms with Gasteiger partial charge in [-0.1, -0.05) is 42.5 Å². The van der Waals surface area contributed by atoms with Gasteiger partial charge in [0.1, 0.15) is 12.4 Å². The number of ether oxygens (including phenoxy) is 2. The predicted molar refractivity (Wildman–Crippen MR) is 125 cm³/mol. The molecule has 2 heterocycles. The van der Waals surface area contributed by atoms with Crippen molar-refractivity contribution < 1.29 is 19.4 Å². The fourth-order valence-corrected chi connectivity index (χ4v) is 5.06. The van der Waals surface area contributed by atoms with Crippen LogP contribution in [0.2, 0.25) is 0 Å². The molecule has 2 aromatic rings. The van der Waals surface area contributed by atoms with Gasteiger partial charge in [-0.2, -0.15) is 0 Å². The van der Waals surface area contributed by atoms with E-state index in [9.17, 15) is 4.79 Å². The van der Waals surface area contributed by atoms with Crippen molar-refractivity contribution in [2.45, 2.75) is 50.5 Å². The van der Waals surface area contributed by atoms with Crippen molar-refractivity contribution in [3.8, 4) is 5.75 Å². The smallest absolute Gasteiger partial charge is 0.233 e. The van der Waals surface area contributed by atoms with Crippen molar-refractivity contribution >= 4 is 5.91 Å². The molecule has 1 amide bonds. The maximum atomic E-state index is 13.8. The summed E-state index contributed by atoms with van der Waals surface area (Å²) in [7, 11) is 0. The Balaban J connectivity index is 1.43. The van der Waals surface area contributed by atoms with Gasteiger partial charge in [0, 0.05) is 32.9 Å². The van der Waals surface area contributed by atoms with E-state index in [-0.39, 0.29) is 12.5 Å². The minimum Gasteiger partial charge on any atom is -0.489 e. The molecule has 0 bridgehead atoms. The maximum absolute atomic E-state index is 13.8. The molecular formula is C27H35NO4. The number of piperidine rings is 1. The second-order valence-electron chi connectivity index (χ2n) is 9.09. The van der Waals surface area contributed by atoms with E-state index in [0.29, 0.717) is 25.7 Å². The summed E-state index contributed by atoms with van der Waals surface area (Å²) in [4.78, 5) is 15.9. The van der Waals surface area contributed by atoms with Crippen LogP contribution in [0.15, 0.2) is 54.6 Å². The number of hydrogen-bond donors (Lipinski definition) is 1. The number of benzene rings is 2. The number of aliphatic hydroxyl groups is 1. The zero-order chi connectivity index (χ0) is 22.2. The van der Waals surface area contributed by atoms with E-state index in [0.717, 1.165) is 68.5 Å². The lowest BCUT2D eigenvalue weighted by Crippen LogP contribution is -2.52. The van der Waals surface area contributed by atoms with Gasteiger partial charge < -0.3 is 19.5 Å². The molecule has 0 aromatic heterocycles. The van der Waals surface area contributed by atoms with Gasteiger partial charge in [0.15, 0.2) is 0 Å². The zero-order valence-electron chi connectivity index (χ0n) is 18.9. The van der Waals surface area contributed by atoms with Gasteiger partial charge in [-0.25, -0.2) is 0 Å². The molecule has 5 heteroatoms. The molecule has 2 fully saturated rings. The van der Waals surface area contributed by atoms with Gasteiger partial charge in [0.2, 0.25) is 5.91 Å². The minimum atomic E-state index is -0.506. The first kappa shape index (κ1) is 22.8. The van der Waals surface area contributed by atoms with Crippen molar-refractivity contribution in [2.75, 3.05) is 32.9 Å². The standard InChI is InChI=1S/C27H35NO4/c29-18-4-7-22-12-16-28(17-13-22)26(30)27(14-19-31-20-15-27)24-8-10-25(11-9-24)32-21-23-5-2-1-3-6-23/h1-3,5-6,8-11,22,29H,4,7,12-21H2. The van der Waals surface area contributed by atoms with Crippen molar-refractivity contribution in [3.05, 3.63) is 65.7 Å². The van der Waals surface area contributed by atoms with Crippen molar-refractivity contribution in [2.24, 2.45) is 5.92 Å². The molecule has 0 atom stereocenters. The Bertz CT molecular complexity index is 838. The van der Waals surface area contributed by atoms with Crippen molar-refractivity contribution in [3.63, 3.8) is 0 Å². The highest BCUT2D eigenvalue weighted by Gasteiger charge is 2.44. The van der Waals surface area contributed by atoms with Gasteiger partial charge >= 0.3 is 0 Å². The molecule has 0 spiro atoms. The Morgan fingerprint density at radius 2 is 1.72 bits per heavy atom. The van der Waals surface area contributed by atoms with E-state index in [1.54, 1.807) is 0 Å². The molecule has 0 unspecified atom stereocenters. The Labute approximate surface area is 191 Å². The Kier molecular flexibility index (Phi) is 7.82. The third-order valence-corrected chi connectivity index (χ3v) is 7.08. The number of nitrogens with zero attached hydrogens (tertiary/aromatic N) is 1. The van der Waals surface area contributed by atoms with Gasteiger partial charge in [-0.05, 0) is 67.7 Å². The Hall–Kier alpha value is -2.37. The number of hydrogen-bond acceptors (Lipinski definition) is 4. The molecule has 5 nitrogen and oxygen atoms in total. The second kappa shape index (κ2) is 11.0. The molecule has 32 heavy (non-hydrogen) atoms. The first-order chi connectivity index (χ1) is 15.7. The number of carbonyl (C=O) groups excluding carboxylic acids is 1. The zero-order valence-corrected chi connectivity index (χ0v) is 18.9. The van der Waals surface area contributed by atoms with Crippen LogP contribution in [0.5, 0.6) is 5.75 Å². The van der Waals surface area contributed by atoms with Gasteiger partial charge in [0.05, 0.1) is 5.41 Å². The maximum Gasteiger partial charge on any atom is 0.233 e. The molecule has 2 aliphatic rings. The normalized spacial score (nSPS) is 19.0. The quantitative estimate of drug-likeness (QED) is 0.668. The number of likely N-dealkylation sites (tertiary alicyclic amines) is 1. The van der Waals surface area contributed by atoms with Crippen molar-refractivity contribution in [1.29, 1.82) is 0 Å². The predicted octanol–water partition coefficient (Wildman–Crippen LogP) is 4.32. The van der Waals surface area contributed by atoms with Crippen LogP contribution in [-0.4, -0.2) is 48.8 Å². The number of carbonyl (C=O) groups is 1. The first-order valence-electron chi connectivity index (χ1n) is 12.0. The Morgan fingerprint density at radius 3 is 2.38 bits per heavy atom. The molecule has 0 aliphatic carbocycles. The van der Waals surface area contributed by atoms with Gasteiger partial charge in [-0.3, -0.25) is 4.79 Å². The van der Waals surface area contributed by atoms with Gasteiger partial charge in [-0.15, -0.1) is 0 Å². The van der Waals surface area contributed by atoms with Crippen LogP contribution in [-0.2, 0) is 21.6 Å². The van der Waals surface area contributed by atoms with E-state index in [4.69, 9.17) is 14.6 Å². The van der Waals surface area contributed by atoms with Crippen LogP contribution >= 0.6 is 0 Å². The minimum absolute atomic E-state index is 0.249. The van der Waals surface area contributed by atoms with Crippen LogP contribution in [0.1, 0.15) is 49.7 Å². The number of amides is 1. The summed E-state index contributed by atoms with van der Waals surface area (Å²) >= 11 is 0. The fourth-order valence-electron chi connectivity index (χ4n) is 5.06. The summed E-state index contributed by atoms with van der Waals surface area (Å²) < 4.78 is 11.6. The van der Waals surface area contributed by atoms with E-state index in [2.05, 4.69) is 29.2 Å². The van der Waals surface area contributed by atoms with Crippen LogP contribution in [0.25, 0.3) is 0 Å². The summed E-state index contributed by atoms with van der Waals surface area (Å²) in [6, 6.07) is 18.2. The summed E-state index contributed by atoms with van der Waals surface area (Å²) in [6.07, 6.45) is 5.43. The third kappa shape index (κ3) is 5.33. The third-order valence-electron chi connectivity index (χ3n) is 7.08. The molecule has 0 saturated carbocycles. The number of rotatable bonds is 8. The summed E-state index contributed by atoms with van der Waals surface area (Å²) in [5, 5.41) is 9.09. The SMILES string of the molecule is O=C(N1CCC(CCCO)CC1)C1(c2ccc(OCc3ccccc3)cc2)CCOCC1. The molecule has 2 aromatic carbocycles. The lowest BCUT2D eigenvalue weighted by atomic mass is 9.72. The fraction of sp³-hybridized carbons (Fsp3) is 0.519. The lowest BCUT2D eigenvalue weighted by molar-refractivity contribution is -0.142. The summed E-state index contributed by atoms with van der Waals surface area (Å²) in [5.41, 5.74) is 1.70. The van der Waals surface area contributed by atoms with E-state index in [1.807, 2.05) is 30.3 Å². The lowest BCUT2D eigenvalue weighted by Gasteiger charge is -2.42. The number of aliphatic hydroxyl groups excluding tert-OH is 1. The molecule has 0 radical (unpaired) electrons. The highest BCUT2D eigenvalue weighted by Crippen LogP contribution is 2.38. The molecule has 2 saturated heterocycles. The van der Waals surface area contributed by atoms with Crippen LogP contribution in [0, 0.1) is 5.92 Å². The monoisotopic (exact) mass is 437 g/mol. The molecule has 2 aliphatic heterocycles.